The van der Waals surface area contributed by atoms with E-state index in [9.17, 15) is 4.79 Å². The summed E-state index contributed by atoms with van der Waals surface area (Å²) in [5.74, 6) is 1.04. The summed E-state index contributed by atoms with van der Waals surface area (Å²) in [5, 5.41) is 0. The first-order chi connectivity index (χ1) is 8.75. The Kier molecular flexibility index (Phi) is 2.37. The van der Waals surface area contributed by atoms with Gasteiger partial charge in [0, 0.05) is 23.6 Å². The van der Waals surface area contributed by atoms with Crippen molar-refractivity contribution in [1.29, 1.82) is 0 Å². The van der Waals surface area contributed by atoms with Crippen molar-refractivity contribution in [2.45, 2.75) is 0 Å². The van der Waals surface area contributed by atoms with Crippen molar-refractivity contribution in [2.24, 2.45) is 0 Å². The molecule has 90 valence electrons. The van der Waals surface area contributed by atoms with Crippen LogP contribution in [0.1, 0.15) is 15.9 Å². The number of ketones is 1. The van der Waals surface area contributed by atoms with E-state index in [4.69, 9.17) is 15.2 Å². The Hall–Kier alpha value is -2.56. The van der Waals surface area contributed by atoms with Gasteiger partial charge in [-0.05, 0) is 24.3 Å². The monoisotopic (exact) mass is 242 g/mol. The van der Waals surface area contributed by atoms with E-state index in [0.29, 0.717) is 28.3 Å². The highest BCUT2D eigenvalue weighted by molar-refractivity contribution is 6.12. The van der Waals surface area contributed by atoms with Gasteiger partial charge in [0.25, 0.3) is 0 Å². The largest absolute Gasteiger partial charge is 0.454 e. The molecule has 0 bridgehead atoms. The van der Waals surface area contributed by atoms with E-state index in [1.54, 1.807) is 30.5 Å². The van der Waals surface area contributed by atoms with Gasteiger partial charge in [-0.2, -0.15) is 0 Å². The molecule has 0 aliphatic carbocycles. The summed E-state index contributed by atoms with van der Waals surface area (Å²) in [4.78, 5) is 16.2. The summed E-state index contributed by atoms with van der Waals surface area (Å²) in [7, 11) is 0. The molecule has 0 spiro atoms. The maximum atomic E-state index is 12.3. The van der Waals surface area contributed by atoms with Gasteiger partial charge in [-0.3, -0.25) is 9.78 Å². The van der Waals surface area contributed by atoms with Crippen LogP contribution in [0.15, 0.2) is 36.7 Å². The number of nitrogen functional groups attached to an aromatic ring is 1. The number of fused-ring (bicyclic) bond motifs is 1. The molecule has 0 saturated heterocycles. The highest BCUT2D eigenvalue weighted by atomic mass is 16.7. The summed E-state index contributed by atoms with van der Waals surface area (Å²) in [6, 6.07) is 6.64. The molecule has 0 saturated carbocycles. The number of hydrogen-bond donors (Lipinski definition) is 1. The lowest BCUT2D eigenvalue weighted by Gasteiger charge is -2.04. The molecule has 5 nitrogen and oxygen atoms in total. The lowest BCUT2D eigenvalue weighted by molar-refractivity contribution is 0.103. The van der Waals surface area contributed by atoms with Gasteiger partial charge in [0.1, 0.15) is 0 Å². The molecule has 2 aromatic rings. The average molecular weight is 242 g/mol. The van der Waals surface area contributed by atoms with Crippen molar-refractivity contribution in [3.8, 4) is 11.5 Å². The lowest BCUT2D eigenvalue weighted by Crippen LogP contribution is -2.05. The summed E-state index contributed by atoms with van der Waals surface area (Å²) in [6.07, 6.45) is 3.01. The van der Waals surface area contributed by atoms with Gasteiger partial charge >= 0.3 is 0 Å². The first kappa shape index (κ1) is 10.6. The quantitative estimate of drug-likeness (QED) is 0.810. The number of rotatable bonds is 2. The van der Waals surface area contributed by atoms with Crippen LogP contribution in [-0.2, 0) is 0 Å². The molecule has 1 aliphatic heterocycles. The maximum absolute atomic E-state index is 12.3. The smallest absolute Gasteiger partial charge is 0.231 e. The van der Waals surface area contributed by atoms with Crippen molar-refractivity contribution >= 4 is 11.5 Å². The van der Waals surface area contributed by atoms with E-state index in [1.165, 1.54) is 6.20 Å². The van der Waals surface area contributed by atoms with Crippen molar-refractivity contribution in [2.75, 3.05) is 12.5 Å². The molecule has 0 radical (unpaired) electrons. The van der Waals surface area contributed by atoms with Gasteiger partial charge in [0.2, 0.25) is 6.79 Å². The van der Waals surface area contributed by atoms with Crippen molar-refractivity contribution in [1.82, 2.24) is 4.98 Å². The van der Waals surface area contributed by atoms with Gasteiger partial charge < -0.3 is 15.2 Å². The van der Waals surface area contributed by atoms with Gasteiger partial charge in [-0.15, -0.1) is 0 Å². The number of nitrogens with two attached hydrogens (primary N) is 1. The molecule has 0 fully saturated rings. The standard InChI is InChI=1S/C13H10N2O3/c14-10-3-4-15-6-9(10)13(16)8-1-2-11-12(5-8)18-7-17-11/h1-6H,7H2,(H2,14,15). The molecule has 1 aromatic heterocycles. The van der Waals surface area contributed by atoms with Crippen molar-refractivity contribution in [3.63, 3.8) is 0 Å². The molecule has 1 aromatic carbocycles. The molecule has 3 rings (SSSR count). The van der Waals surface area contributed by atoms with E-state index in [2.05, 4.69) is 4.98 Å². The third-order valence-corrected chi connectivity index (χ3v) is 2.73. The van der Waals surface area contributed by atoms with Crippen LogP contribution in [0.4, 0.5) is 5.69 Å². The number of hydrogen-bond acceptors (Lipinski definition) is 5. The minimum absolute atomic E-state index is 0.182. The fraction of sp³-hybridized carbons (Fsp3) is 0.0769. The fourth-order valence-electron chi connectivity index (χ4n) is 1.79. The van der Waals surface area contributed by atoms with Crippen molar-refractivity contribution in [3.05, 3.63) is 47.8 Å². The number of aromatic nitrogens is 1. The van der Waals surface area contributed by atoms with E-state index in [0.717, 1.165) is 0 Å². The number of ether oxygens (including phenoxy) is 2. The summed E-state index contributed by atoms with van der Waals surface area (Å²) in [6.45, 7) is 0.183. The Labute approximate surface area is 103 Å². The van der Waals surface area contributed by atoms with Crippen LogP contribution in [-0.4, -0.2) is 17.6 Å². The van der Waals surface area contributed by atoms with Crippen LogP contribution < -0.4 is 15.2 Å². The van der Waals surface area contributed by atoms with Crippen LogP contribution in [0.5, 0.6) is 11.5 Å². The second kappa shape index (κ2) is 4.03. The minimum Gasteiger partial charge on any atom is -0.454 e. The molecule has 18 heavy (non-hydrogen) atoms. The van der Waals surface area contributed by atoms with E-state index in [1.807, 2.05) is 0 Å². The SMILES string of the molecule is Nc1ccncc1C(=O)c1ccc2c(c1)OCO2. The fourth-order valence-corrected chi connectivity index (χ4v) is 1.79. The number of carbonyl (C=O) groups is 1. The predicted octanol–water partition coefficient (Wildman–Crippen LogP) is 1.62. The number of benzene rings is 1. The zero-order valence-electron chi connectivity index (χ0n) is 9.42. The van der Waals surface area contributed by atoms with E-state index >= 15 is 0 Å². The van der Waals surface area contributed by atoms with Crippen LogP contribution in [0, 0.1) is 0 Å². The molecule has 0 amide bonds. The Balaban J connectivity index is 2.01. The average Bonchev–Trinajstić information content (AvgIpc) is 2.85. The molecular formula is C13H10N2O3. The van der Waals surface area contributed by atoms with Crippen LogP contribution in [0.3, 0.4) is 0 Å². The van der Waals surface area contributed by atoms with Crippen LogP contribution >= 0.6 is 0 Å². The van der Waals surface area contributed by atoms with Gasteiger partial charge in [0.05, 0.1) is 5.56 Å². The Bertz CT molecular complexity index is 625. The highest BCUT2D eigenvalue weighted by Crippen LogP contribution is 2.33. The zero-order valence-corrected chi connectivity index (χ0v) is 9.42. The Morgan fingerprint density at radius 2 is 2.06 bits per heavy atom. The van der Waals surface area contributed by atoms with Crippen LogP contribution in [0.2, 0.25) is 0 Å². The van der Waals surface area contributed by atoms with Crippen LogP contribution in [0.25, 0.3) is 0 Å². The van der Waals surface area contributed by atoms with Gasteiger partial charge in [-0.1, -0.05) is 0 Å². The molecular weight excluding hydrogens is 232 g/mol. The van der Waals surface area contributed by atoms with Gasteiger partial charge in [0.15, 0.2) is 17.3 Å². The second-order valence-electron chi connectivity index (χ2n) is 3.86. The normalized spacial score (nSPS) is 12.4. The lowest BCUT2D eigenvalue weighted by atomic mass is 10.0. The molecule has 2 heterocycles. The summed E-state index contributed by atoms with van der Waals surface area (Å²) < 4.78 is 10.4. The van der Waals surface area contributed by atoms with Crippen molar-refractivity contribution < 1.29 is 14.3 Å². The molecule has 0 atom stereocenters. The number of anilines is 1. The highest BCUT2D eigenvalue weighted by Gasteiger charge is 2.18. The van der Waals surface area contributed by atoms with E-state index in [-0.39, 0.29) is 12.6 Å². The summed E-state index contributed by atoms with van der Waals surface area (Å²) >= 11 is 0. The number of pyridine rings is 1. The molecule has 1 aliphatic rings. The molecule has 2 N–H and O–H groups in total. The number of carbonyl (C=O) groups excluding carboxylic acids is 1. The molecule has 5 heteroatoms. The molecule has 0 unspecified atom stereocenters. The Morgan fingerprint density at radius 1 is 1.22 bits per heavy atom. The summed E-state index contributed by atoms with van der Waals surface area (Å²) in [5.41, 5.74) is 7.05. The topological polar surface area (TPSA) is 74.4 Å². The third kappa shape index (κ3) is 1.66. The zero-order chi connectivity index (χ0) is 12.5. The minimum atomic E-state index is -0.182. The second-order valence-corrected chi connectivity index (χ2v) is 3.86. The van der Waals surface area contributed by atoms with E-state index < -0.39 is 0 Å². The number of nitrogens with zero attached hydrogens (tertiary/aromatic N) is 1. The van der Waals surface area contributed by atoms with Gasteiger partial charge in [-0.25, -0.2) is 0 Å². The predicted molar refractivity (Wildman–Crippen MR) is 64.6 cm³/mol. The maximum Gasteiger partial charge on any atom is 0.231 e. The first-order valence-corrected chi connectivity index (χ1v) is 5.39. The Morgan fingerprint density at radius 3 is 2.89 bits per heavy atom. The third-order valence-electron chi connectivity index (χ3n) is 2.73. The first-order valence-electron chi connectivity index (χ1n) is 5.39.